The van der Waals surface area contributed by atoms with Gasteiger partial charge in [-0.2, -0.15) is 0 Å². The van der Waals surface area contributed by atoms with Gasteiger partial charge in [0.2, 0.25) is 5.91 Å². The lowest BCUT2D eigenvalue weighted by molar-refractivity contribution is -0.116. The summed E-state index contributed by atoms with van der Waals surface area (Å²) in [5, 5.41) is 2.84. The van der Waals surface area contributed by atoms with Crippen molar-refractivity contribution in [3.05, 3.63) is 53.6 Å². The Balaban J connectivity index is 1.96. The molecule has 0 atom stereocenters. The number of benzene rings is 1. The van der Waals surface area contributed by atoms with Crippen molar-refractivity contribution in [1.82, 2.24) is 14.9 Å². The zero-order chi connectivity index (χ0) is 13.4. The van der Waals surface area contributed by atoms with Crippen LogP contribution in [0.15, 0.2) is 42.2 Å². The quantitative estimate of drug-likeness (QED) is 0.890. The number of amides is 1. The van der Waals surface area contributed by atoms with Crippen LogP contribution in [0.3, 0.4) is 0 Å². The van der Waals surface area contributed by atoms with E-state index in [9.17, 15) is 4.79 Å². The lowest BCUT2D eigenvalue weighted by Gasteiger charge is -2.07. The molecule has 1 aromatic heterocycles. The van der Waals surface area contributed by atoms with E-state index in [-0.39, 0.29) is 5.91 Å². The number of aryl methyl sites for hydroxylation is 1. The predicted molar refractivity (Wildman–Crippen MR) is 73.9 cm³/mol. The molecule has 1 aromatic carbocycles. The molecule has 0 aliphatic carbocycles. The predicted octanol–water partition coefficient (Wildman–Crippen LogP) is 2.08. The van der Waals surface area contributed by atoms with Crippen molar-refractivity contribution in [3.63, 3.8) is 0 Å². The van der Waals surface area contributed by atoms with Crippen molar-refractivity contribution in [2.75, 3.05) is 6.54 Å². The molecule has 96 valence electrons. The maximum atomic E-state index is 11.5. The zero-order valence-electron chi connectivity index (χ0n) is 11.0. The fourth-order valence-corrected chi connectivity index (χ4v) is 2.36. The van der Waals surface area contributed by atoms with E-state index in [0.717, 1.165) is 28.2 Å². The zero-order valence-corrected chi connectivity index (χ0v) is 11.0. The minimum atomic E-state index is 0.0320. The highest BCUT2D eigenvalue weighted by Gasteiger charge is 2.19. The Hall–Kier alpha value is -2.36. The minimum Gasteiger partial charge on any atom is -0.348 e. The largest absolute Gasteiger partial charge is 0.348 e. The van der Waals surface area contributed by atoms with Gasteiger partial charge in [-0.25, -0.2) is 4.98 Å². The van der Waals surface area contributed by atoms with Gasteiger partial charge in [-0.15, -0.1) is 0 Å². The summed E-state index contributed by atoms with van der Waals surface area (Å²) < 4.78 is 2.03. The first-order chi connectivity index (χ1) is 9.16. The fourth-order valence-electron chi connectivity index (χ4n) is 2.36. The standard InChI is InChI=1S/C15H15N3O/c1-10-14(9-17-15(10)19)12-3-5-13(6-4-12)18-8-7-16-11(18)2/h3-8H,9H2,1-2H3,(H,17,19). The lowest BCUT2D eigenvalue weighted by atomic mass is 10.0. The van der Waals surface area contributed by atoms with Crippen LogP contribution in [0.25, 0.3) is 11.3 Å². The molecule has 0 fully saturated rings. The maximum absolute atomic E-state index is 11.5. The molecule has 19 heavy (non-hydrogen) atoms. The van der Waals surface area contributed by atoms with E-state index < -0.39 is 0 Å². The molecule has 1 aliphatic rings. The van der Waals surface area contributed by atoms with Gasteiger partial charge in [-0.3, -0.25) is 4.79 Å². The topological polar surface area (TPSA) is 46.9 Å². The average molecular weight is 253 g/mol. The molecule has 0 spiro atoms. The SMILES string of the molecule is CC1=C(c2ccc(-n3ccnc3C)cc2)CNC1=O. The molecule has 0 bridgehead atoms. The Morgan fingerprint density at radius 3 is 2.47 bits per heavy atom. The molecule has 1 aliphatic heterocycles. The second-order valence-corrected chi connectivity index (χ2v) is 4.68. The molecule has 4 nitrogen and oxygen atoms in total. The third-order valence-corrected chi connectivity index (χ3v) is 3.54. The second-order valence-electron chi connectivity index (χ2n) is 4.68. The third-order valence-electron chi connectivity index (χ3n) is 3.54. The number of hydrogen-bond acceptors (Lipinski definition) is 2. The van der Waals surface area contributed by atoms with E-state index in [1.165, 1.54) is 0 Å². The molecular weight excluding hydrogens is 238 g/mol. The Labute approximate surface area is 111 Å². The van der Waals surface area contributed by atoms with Crippen LogP contribution in [0.5, 0.6) is 0 Å². The molecule has 0 radical (unpaired) electrons. The first-order valence-electron chi connectivity index (χ1n) is 6.25. The number of hydrogen-bond donors (Lipinski definition) is 1. The molecule has 0 saturated heterocycles. The van der Waals surface area contributed by atoms with Gasteiger partial charge in [-0.1, -0.05) is 12.1 Å². The summed E-state index contributed by atoms with van der Waals surface area (Å²) >= 11 is 0. The summed E-state index contributed by atoms with van der Waals surface area (Å²) in [7, 11) is 0. The molecule has 4 heteroatoms. The van der Waals surface area contributed by atoms with E-state index >= 15 is 0 Å². The average Bonchev–Trinajstić information content (AvgIpc) is 2.98. The van der Waals surface area contributed by atoms with Gasteiger partial charge in [0.1, 0.15) is 5.82 Å². The molecule has 0 saturated carbocycles. The van der Waals surface area contributed by atoms with Crippen molar-refractivity contribution in [2.45, 2.75) is 13.8 Å². The Morgan fingerprint density at radius 1 is 1.21 bits per heavy atom. The molecule has 0 unspecified atom stereocenters. The summed E-state index contributed by atoms with van der Waals surface area (Å²) in [4.78, 5) is 15.7. The minimum absolute atomic E-state index is 0.0320. The molecule has 1 amide bonds. The highest BCUT2D eigenvalue weighted by Crippen LogP contribution is 2.23. The maximum Gasteiger partial charge on any atom is 0.247 e. The van der Waals surface area contributed by atoms with E-state index in [1.54, 1.807) is 6.20 Å². The highest BCUT2D eigenvalue weighted by molar-refractivity contribution is 6.05. The van der Waals surface area contributed by atoms with Crippen LogP contribution in [-0.2, 0) is 4.79 Å². The van der Waals surface area contributed by atoms with E-state index in [4.69, 9.17) is 0 Å². The van der Waals surface area contributed by atoms with Gasteiger partial charge < -0.3 is 9.88 Å². The molecule has 3 rings (SSSR count). The lowest BCUT2D eigenvalue weighted by Crippen LogP contribution is -2.16. The van der Waals surface area contributed by atoms with Gasteiger partial charge in [0.15, 0.2) is 0 Å². The number of carbonyl (C=O) groups is 1. The van der Waals surface area contributed by atoms with Crippen molar-refractivity contribution in [1.29, 1.82) is 0 Å². The van der Waals surface area contributed by atoms with Crippen molar-refractivity contribution in [3.8, 4) is 5.69 Å². The summed E-state index contributed by atoms with van der Waals surface area (Å²) in [6.45, 7) is 4.46. The number of rotatable bonds is 2. The Morgan fingerprint density at radius 2 is 1.95 bits per heavy atom. The number of carbonyl (C=O) groups excluding carboxylic acids is 1. The molecular formula is C15H15N3O. The van der Waals surface area contributed by atoms with E-state index in [1.807, 2.05) is 48.9 Å². The Bertz CT molecular complexity index is 665. The fraction of sp³-hybridized carbons (Fsp3) is 0.200. The van der Waals surface area contributed by atoms with E-state index in [0.29, 0.717) is 6.54 Å². The molecule has 2 aromatic rings. The van der Waals surface area contributed by atoms with Gasteiger partial charge in [0.25, 0.3) is 0 Å². The van der Waals surface area contributed by atoms with Crippen LogP contribution in [-0.4, -0.2) is 22.0 Å². The van der Waals surface area contributed by atoms with Gasteiger partial charge >= 0.3 is 0 Å². The highest BCUT2D eigenvalue weighted by atomic mass is 16.1. The van der Waals surface area contributed by atoms with Gasteiger partial charge in [0.05, 0.1) is 0 Å². The van der Waals surface area contributed by atoms with Crippen LogP contribution >= 0.6 is 0 Å². The van der Waals surface area contributed by atoms with Crippen LogP contribution in [0.2, 0.25) is 0 Å². The third kappa shape index (κ3) is 1.95. The van der Waals surface area contributed by atoms with Gasteiger partial charge in [0, 0.05) is 30.2 Å². The van der Waals surface area contributed by atoms with E-state index in [2.05, 4.69) is 10.3 Å². The van der Waals surface area contributed by atoms with Crippen LogP contribution in [0.1, 0.15) is 18.3 Å². The summed E-state index contributed by atoms with van der Waals surface area (Å²) in [6.07, 6.45) is 3.73. The monoisotopic (exact) mass is 253 g/mol. The first kappa shape index (κ1) is 11.7. The number of aromatic nitrogens is 2. The molecule has 1 N–H and O–H groups in total. The number of imidazole rings is 1. The van der Waals surface area contributed by atoms with Crippen LogP contribution in [0, 0.1) is 6.92 Å². The van der Waals surface area contributed by atoms with Crippen molar-refractivity contribution in [2.24, 2.45) is 0 Å². The summed E-state index contributed by atoms with van der Waals surface area (Å²) in [6, 6.07) is 8.20. The van der Waals surface area contributed by atoms with Crippen molar-refractivity contribution < 1.29 is 4.79 Å². The molecule has 2 heterocycles. The Kier molecular flexibility index (Phi) is 2.71. The first-order valence-corrected chi connectivity index (χ1v) is 6.25. The smallest absolute Gasteiger partial charge is 0.247 e. The van der Waals surface area contributed by atoms with Crippen LogP contribution < -0.4 is 5.32 Å². The van der Waals surface area contributed by atoms with Gasteiger partial charge in [-0.05, 0) is 37.1 Å². The number of nitrogens with zero attached hydrogens (tertiary/aromatic N) is 2. The summed E-state index contributed by atoms with van der Waals surface area (Å²) in [5.74, 6) is 0.991. The van der Waals surface area contributed by atoms with Crippen molar-refractivity contribution >= 4 is 11.5 Å². The van der Waals surface area contributed by atoms with Crippen LogP contribution in [0.4, 0.5) is 0 Å². The number of nitrogens with one attached hydrogen (secondary N) is 1. The normalized spacial score (nSPS) is 14.9. The summed E-state index contributed by atoms with van der Waals surface area (Å²) in [5.41, 5.74) is 4.07. The second kappa shape index (κ2) is 4.39.